The van der Waals surface area contributed by atoms with Gasteiger partial charge in [-0.05, 0) is 19.1 Å². The number of carbonyl (C=O) groups is 1. The Bertz CT molecular complexity index is 416. The quantitative estimate of drug-likeness (QED) is 0.660. The largest absolute Gasteiger partial charge is 0.497 e. The molecule has 0 bridgehead atoms. The fraction of sp³-hybridized carbons (Fsp3) is 0.273. The smallest absolute Gasteiger partial charge is 0.322 e. The molecule has 1 aromatic carbocycles. The average molecular weight is 222 g/mol. The van der Waals surface area contributed by atoms with Gasteiger partial charge in [0.25, 0.3) is 0 Å². The zero-order chi connectivity index (χ0) is 12.1. The Morgan fingerprint density at radius 2 is 2.25 bits per heavy atom. The van der Waals surface area contributed by atoms with E-state index in [-0.39, 0.29) is 6.54 Å². The molecule has 5 heteroatoms. The average Bonchev–Trinajstić information content (AvgIpc) is 2.25. The van der Waals surface area contributed by atoms with Crippen LogP contribution in [0, 0.1) is 5.41 Å². The van der Waals surface area contributed by atoms with Gasteiger partial charge in [0.05, 0.1) is 7.11 Å². The zero-order valence-electron chi connectivity index (χ0n) is 9.20. The highest BCUT2D eigenvalue weighted by molar-refractivity contribution is 6.01. The van der Waals surface area contributed by atoms with E-state index in [4.69, 9.17) is 15.3 Å². The molecule has 0 aliphatic heterocycles. The van der Waals surface area contributed by atoms with Crippen LogP contribution in [0.15, 0.2) is 18.2 Å². The first-order valence-corrected chi connectivity index (χ1v) is 4.74. The number of rotatable bonds is 5. The number of aliphatic carboxylic acids is 1. The molecule has 86 valence electrons. The van der Waals surface area contributed by atoms with Gasteiger partial charge in [-0.2, -0.15) is 0 Å². The van der Waals surface area contributed by atoms with Crippen LogP contribution < -0.4 is 10.1 Å². The molecule has 5 nitrogen and oxygen atoms in total. The summed E-state index contributed by atoms with van der Waals surface area (Å²) in [4.78, 5) is 10.5. The van der Waals surface area contributed by atoms with Crippen LogP contribution in [0.1, 0.15) is 12.5 Å². The van der Waals surface area contributed by atoms with Crippen molar-refractivity contribution in [3.8, 4) is 5.75 Å². The van der Waals surface area contributed by atoms with Crippen molar-refractivity contribution in [3.05, 3.63) is 23.8 Å². The summed E-state index contributed by atoms with van der Waals surface area (Å²) < 4.78 is 5.04. The number of anilines is 1. The van der Waals surface area contributed by atoms with E-state index in [1.165, 1.54) is 7.11 Å². The first-order valence-electron chi connectivity index (χ1n) is 4.74. The minimum atomic E-state index is -0.948. The summed E-state index contributed by atoms with van der Waals surface area (Å²) in [5.41, 5.74) is 1.63. The van der Waals surface area contributed by atoms with Crippen molar-refractivity contribution in [3.63, 3.8) is 0 Å². The third kappa shape index (κ3) is 2.98. The lowest BCUT2D eigenvalue weighted by atomic mass is 10.1. The molecule has 0 aromatic heterocycles. The van der Waals surface area contributed by atoms with Gasteiger partial charge in [0.1, 0.15) is 12.3 Å². The maximum absolute atomic E-state index is 10.5. The van der Waals surface area contributed by atoms with Gasteiger partial charge in [-0.1, -0.05) is 0 Å². The molecule has 0 saturated carbocycles. The van der Waals surface area contributed by atoms with Crippen LogP contribution in [0.3, 0.4) is 0 Å². The SMILES string of the molecule is COc1ccc(C(C)=N)c(NCC(=O)O)c1. The van der Waals surface area contributed by atoms with E-state index in [2.05, 4.69) is 5.32 Å². The molecule has 1 aromatic rings. The van der Waals surface area contributed by atoms with Crippen molar-refractivity contribution >= 4 is 17.4 Å². The Balaban J connectivity index is 3.00. The highest BCUT2D eigenvalue weighted by Crippen LogP contribution is 2.22. The molecule has 0 heterocycles. The van der Waals surface area contributed by atoms with E-state index in [1.54, 1.807) is 25.1 Å². The van der Waals surface area contributed by atoms with Crippen molar-refractivity contribution in [2.45, 2.75) is 6.92 Å². The van der Waals surface area contributed by atoms with Crippen LogP contribution in [-0.2, 0) is 4.79 Å². The summed E-state index contributed by atoms with van der Waals surface area (Å²) in [5.74, 6) is -0.325. The monoisotopic (exact) mass is 222 g/mol. The molecule has 1 rings (SSSR count). The topological polar surface area (TPSA) is 82.4 Å². The van der Waals surface area contributed by atoms with Crippen molar-refractivity contribution in [2.24, 2.45) is 0 Å². The van der Waals surface area contributed by atoms with E-state index in [9.17, 15) is 4.79 Å². The molecule has 3 N–H and O–H groups in total. The molecular formula is C11H14N2O3. The minimum absolute atomic E-state index is 0.187. The van der Waals surface area contributed by atoms with Gasteiger partial charge < -0.3 is 20.6 Å². The maximum atomic E-state index is 10.5. The predicted octanol–water partition coefficient (Wildman–Crippen LogP) is 1.58. The molecule has 16 heavy (non-hydrogen) atoms. The molecule has 0 amide bonds. The molecule has 0 saturated heterocycles. The van der Waals surface area contributed by atoms with E-state index in [0.29, 0.717) is 22.7 Å². The van der Waals surface area contributed by atoms with Gasteiger partial charge in [0, 0.05) is 23.0 Å². The van der Waals surface area contributed by atoms with E-state index in [1.807, 2.05) is 0 Å². The van der Waals surface area contributed by atoms with Crippen LogP contribution in [-0.4, -0.2) is 30.4 Å². The second-order valence-corrected chi connectivity index (χ2v) is 3.28. The lowest BCUT2D eigenvalue weighted by Gasteiger charge is -2.11. The fourth-order valence-electron chi connectivity index (χ4n) is 1.29. The normalized spacial score (nSPS) is 9.62. The Morgan fingerprint density at radius 3 is 2.75 bits per heavy atom. The van der Waals surface area contributed by atoms with Crippen molar-refractivity contribution in [2.75, 3.05) is 19.0 Å². The molecule has 0 spiro atoms. The van der Waals surface area contributed by atoms with Gasteiger partial charge in [-0.25, -0.2) is 0 Å². The molecule has 0 atom stereocenters. The number of benzene rings is 1. The second-order valence-electron chi connectivity index (χ2n) is 3.28. The number of carboxylic acid groups (broad SMARTS) is 1. The molecule has 0 aliphatic rings. The van der Waals surface area contributed by atoms with Gasteiger partial charge in [0.15, 0.2) is 0 Å². The number of methoxy groups -OCH3 is 1. The van der Waals surface area contributed by atoms with Crippen LogP contribution in [0.5, 0.6) is 5.75 Å². The van der Waals surface area contributed by atoms with Crippen LogP contribution in [0.25, 0.3) is 0 Å². The third-order valence-electron chi connectivity index (χ3n) is 2.06. The number of ether oxygens (including phenoxy) is 1. The second kappa shape index (κ2) is 5.16. The van der Waals surface area contributed by atoms with Crippen molar-refractivity contribution < 1.29 is 14.6 Å². The Morgan fingerprint density at radius 1 is 1.56 bits per heavy atom. The predicted molar refractivity (Wildman–Crippen MR) is 61.6 cm³/mol. The van der Waals surface area contributed by atoms with Crippen LogP contribution >= 0.6 is 0 Å². The lowest BCUT2D eigenvalue weighted by molar-refractivity contribution is -0.134. The maximum Gasteiger partial charge on any atom is 0.322 e. The summed E-state index contributed by atoms with van der Waals surface area (Å²) in [6.07, 6.45) is 0. The summed E-state index contributed by atoms with van der Waals surface area (Å²) in [7, 11) is 1.53. The standard InChI is InChI=1S/C11H14N2O3/c1-7(12)9-4-3-8(16-2)5-10(9)13-6-11(14)15/h3-5,12-13H,6H2,1-2H3,(H,14,15). The Labute approximate surface area is 93.6 Å². The molecular weight excluding hydrogens is 208 g/mol. The lowest BCUT2D eigenvalue weighted by Crippen LogP contribution is -2.14. The highest BCUT2D eigenvalue weighted by atomic mass is 16.5. The fourth-order valence-corrected chi connectivity index (χ4v) is 1.29. The molecule has 0 radical (unpaired) electrons. The van der Waals surface area contributed by atoms with Crippen LogP contribution in [0.2, 0.25) is 0 Å². The van der Waals surface area contributed by atoms with E-state index < -0.39 is 5.97 Å². The number of hydrogen-bond donors (Lipinski definition) is 3. The summed E-state index contributed by atoms with van der Waals surface area (Å²) in [6, 6.07) is 5.14. The summed E-state index contributed by atoms with van der Waals surface area (Å²) in [5, 5.41) is 18.9. The van der Waals surface area contributed by atoms with Gasteiger partial charge in [-0.3, -0.25) is 4.79 Å². The van der Waals surface area contributed by atoms with Gasteiger partial charge >= 0.3 is 5.97 Å². The number of nitrogens with one attached hydrogen (secondary N) is 2. The minimum Gasteiger partial charge on any atom is -0.497 e. The van der Waals surface area contributed by atoms with Crippen LogP contribution in [0.4, 0.5) is 5.69 Å². The zero-order valence-corrected chi connectivity index (χ0v) is 9.20. The van der Waals surface area contributed by atoms with E-state index >= 15 is 0 Å². The van der Waals surface area contributed by atoms with Crippen molar-refractivity contribution in [1.29, 1.82) is 5.41 Å². The third-order valence-corrected chi connectivity index (χ3v) is 2.06. The van der Waals surface area contributed by atoms with Gasteiger partial charge in [0.2, 0.25) is 0 Å². The number of hydrogen-bond acceptors (Lipinski definition) is 4. The molecule has 0 aliphatic carbocycles. The molecule has 0 fully saturated rings. The van der Waals surface area contributed by atoms with Crippen molar-refractivity contribution in [1.82, 2.24) is 0 Å². The number of carboxylic acids is 1. The summed E-state index contributed by atoms with van der Waals surface area (Å²) >= 11 is 0. The summed E-state index contributed by atoms with van der Waals surface area (Å²) in [6.45, 7) is 1.46. The highest BCUT2D eigenvalue weighted by Gasteiger charge is 2.07. The Hall–Kier alpha value is -2.04. The van der Waals surface area contributed by atoms with Gasteiger partial charge in [-0.15, -0.1) is 0 Å². The molecule has 0 unspecified atom stereocenters. The Kier molecular flexibility index (Phi) is 3.88. The first kappa shape index (κ1) is 12.0. The van der Waals surface area contributed by atoms with E-state index in [0.717, 1.165) is 0 Å². The first-order chi connectivity index (χ1) is 7.54.